The van der Waals surface area contributed by atoms with Crippen LogP contribution in [-0.2, 0) is 16.8 Å². The van der Waals surface area contributed by atoms with Crippen LogP contribution in [-0.4, -0.2) is 45.7 Å². The van der Waals surface area contributed by atoms with Crippen LogP contribution >= 0.6 is 0 Å². The van der Waals surface area contributed by atoms with Gasteiger partial charge < -0.3 is 9.72 Å². The summed E-state index contributed by atoms with van der Waals surface area (Å²) >= 11 is 0. The Morgan fingerprint density at radius 1 is 1.23 bits per heavy atom. The van der Waals surface area contributed by atoms with Crippen molar-refractivity contribution in [3.63, 3.8) is 0 Å². The van der Waals surface area contributed by atoms with E-state index in [1.54, 1.807) is 0 Å². The fourth-order valence-corrected chi connectivity index (χ4v) is 4.63. The van der Waals surface area contributed by atoms with E-state index in [-0.39, 0.29) is 16.6 Å². The monoisotopic (exact) mass is 408 g/mol. The number of pyridine rings is 1. The van der Waals surface area contributed by atoms with Crippen LogP contribution in [0.3, 0.4) is 0 Å². The van der Waals surface area contributed by atoms with Gasteiger partial charge in [-0.25, -0.2) is 4.79 Å². The van der Waals surface area contributed by atoms with Gasteiger partial charge in [0.2, 0.25) is 0 Å². The SMILES string of the molecule is CCOC[C@@]1(Cn2c(=O)[nH]c3ccccc32)CCN(C(C)(C)c2ccc(C)nc2)C1. The summed E-state index contributed by atoms with van der Waals surface area (Å²) in [7, 11) is 0. The fourth-order valence-electron chi connectivity index (χ4n) is 4.63. The molecule has 0 amide bonds. The number of para-hydroxylation sites is 2. The summed E-state index contributed by atoms with van der Waals surface area (Å²) in [6.07, 6.45) is 2.98. The number of aryl methyl sites for hydroxylation is 1. The zero-order valence-corrected chi connectivity index (χ0v) is 18.4. The molecule has 1 aliphatic rings. The number of ether oxygens (including phenoxy) is 1. The number of hydrogen-bond donors (Lipinski definition) is 1. The van der Waals surface area contributed by atoms with Crippen LogP contribution in [0.2, 0.25) is 0 Å². The molecular weight excluding hydrogens is 376 g/mol. The third-order valence-electron chi connectivity index (χ3n) is 6.63. The molecule has 0 unspecified atom stereocenters. The van der Waals surface area contributed by atoms with Crippen molar-refractivity contribution in [2.45, 2.75) is 46.2 Å². The molecular formula is C24H32N4O2. The lowest BCUT2D eigenvalue weighted by Gasteiger charge is -2.38. The van der Waals surface area contributed by atoms with E-state index in [1.807, 2.05) is 48.9 Å². The number of imidazole rings is 1. The first-order valence-electron chi connectivity index (χ1n) is 10.8. The number of aromatic amines is 1. The van der Waals surface area contributed by atoms with Crippen LogP contribution in [0.15, 0.2) is 47.4 Å². The van der Waals surface area contributed by atoms with Gasteiger partial charge in [-0.15, -0.1) is 0 Å². The average Bonchev–Trinajstić information content (AvgIpc) is 3.29. The van der Waals surface area contributed by atoms with Gasteiger partial charge in [0.25, 0.3) is 0 Å². The van der Waals surface area contributed by atoms with Gasteiger partial charge in [-0.2, -0.15) is 0 Å². The van der Waals surface area contributed by atoms with Gasteiger partial charge >= 0.3 is 5.69 Å². The van der Waals surface area contributed by atoms with Crippen LogP contribution < -0.4 is 5.69 Å². The van der Waals surface area contributed by atoms with Crippen LogP contribution in [0, 0.1) is 12.3 Å². The summed E-state index contributed by atoms with van der Waals surface area (Å²) in [6.45, 7) is 12.4. The van der Waals surface area contributed by atoms with Crippen LogP contribution in [0.4, 0.5) is 0 Å². The standard InChI is InChI=1S/C24H32N4O2/c1-5-30-17-24(16-28-21-9-7-6-8-20(21)26-22(28)29)12-13-27(15-24)23(3,4)19-11-10-18(2)25-14-19/h6-11,14H,5,12-13,15-17H2,1-4H3,(H,26,29)/t24-/m0/s1. The Morgan fingerprint density at radius 2 is 2.03 bits per heavy atom. The van der Waals surface area contributed by atoms with Gasteiger partial charge in [-0.1, -0.05) is 18.2 Å². The minimum absolute atomic E-state index is 0.0486. The smallest absolute Gasteiger partial charge is 0.326 e. The lowest BCUT2D eigenvalue weighted by atomic mass is 9.87. The number of likely N-dealkylation sites (tertiary alicyclic amines) is 1. The van der Waals surface area contributed by atoms with Crippen molar-refractivity contribution >= 4 is 11.0 Å². The molecule has 2 aromatic heterocycles. The summed E-state index contributed by atoms with van der Waals surface area (Å²) in [5.74, 6) is 0. The van der Waals surface area contributed by atoms with Crippen LogP contribution in [0.25, 0.3) is 11.0 Å². The van der Waals surface area contributed by atoms with Crippen molar-refractivity contribution in [2.75, 3.05) is 26.3 Å². The minimum Gasteiger partial charge on any atom is -0.381 e. The van der Waals surface area contributed by atoms with Gasteiger partial charge in [0, 0.05) is 42.5 Å². The highest BCUT2D eigenvalue weighted by molar-refractivity contribution is 5.74. The maximum atomic E-state index is 12.7. The highest BCUT2D eigenvalue weighted by atomic mass is 16.5. The van der Waals surface area contributed by atoms with E-state index in [1.165, 1.54) is 5.56 Å². The number of nitrogens with one attached hydrogen (secondary N) is 1. The van der Waals surface area contributed by atoms with Crippen molar-refractivity contribution < 1.29 is 4.74 Å². The van der Waals surface area contributed by atoms with Crippen LogP contribution in [0.5, 0.6) is 0 Å². The molecule has 4 rings (SSSR count). The van der Waals surface area contributed by atoms with E-state index in [2.05, 4.69) is 40.8 Å². The predicted octanol–water partition coefficient (Wildman–Crippen LogP) is 3.70. The quantitative estimate of drug-likeness (QED) is 0.648. The summed E-state index contributed by atoms with van der Waals surface area (Å²) in [6, 6.07) is 12.2. The molecule has 1 atom stereocenters. The summed E-state index contributed by atoms with van der Waals surface area (Å²) < 4.78 is 7.83. The predicted molar refractivity (Wildman–Crippen MR) is 120 cm³/mol. The maximum Gasteiger partial charge on any atom is 0.326 e. The highest BCUT2D eigenvalue weighted by Gasteiger charge is 2.44. The largest absolute Gasteiger partial charge is 0.381 e. The molecule has 1 N–H and O–H groups in total. The van der Waals surface area contributed by atoms with Gasteiger partial charge in [0.1, 0.15) is 0 Å². The second kappa shape index (κ2) is 8.00. The molecule has 1 aliphatic heterocycles. The van der Waals surface area contributed by atoms with Gasteiger partial charge in [0.15, 0.2) is 0 Å². The Labute approximate surface area is 177 Å². The average molecular weight is 409 g/mol. The number of aromatic nitrogens is 3. The van der Waals surface area contributed by atoms with Crippen molar-refractivity contribution in [1.82, 2.24) is 19.4 Å². The number of rotatable bonds is 7. The van der Waals surface area contributed by atoms with Gasteiger partial charge in [0.05, 0.1) is 17.6 Å². The second-order valence-electron chi connectivity index (χ2n) is 9.09. The third kappa shape index (κ3) is 3.82. The molecule has 0 bridgehead atoms. The number of fused-ring (bicyclic) bond motifs is 1. The molecule has 0 aliphatic carbocycles. The molecule has 6 heteroatoms. The molecule has 1 saturated heterocycles. The Morgan fingerprint density at radius 3 is 2.77 bits per heavy atom. The number of benzene rings is 1. The Bertz CT molecular complexity index is 1070. The van der Waals surface area contributed by atoms with Crippen molar-refractivity contribution in [3.8, 4) is 0 Å². The highest BCUT2D eigenvalue weighted by Crippen LogP contribution is 2.40. The van der Waals surface area contributed by atoms with E-state index in [0.29, 0.717) is 19.8 Å². The normalized spacial score (nSPS) is 20.3. The van der Waals surface area contributed by atoms with Crippen molar-refractivity contribution in [3.05, 3.63) is 64.3 Å². The van der Waals surface area contributed by atoms with E-state index >= 15 is 0 Å². The Kier molecular flexibility index (Phi) is 5.55. The third-order valence-corrected chi connectivity index (χ3v) is 6.63. The molecule has 1 aromatic carbocycles. The zero-order valence-electron chi connectivity index (χ0n) is 18.4. The van der Waals surface area contributed by atoms with Crippen molar-refractivity contribution in [2.24, 2.45) is 5.41 Å². The second-order valence-corrected chi connectivity index (χ2v) is 9.09. The van der Waals surface area contributed by atoms with Gasteiger partial charge in [-0.3, -0.25) is 14.5 Å². The lowest BCUT2D eigenvalue weighted by molar-refractivity contribution is 0.0334. The molecule has 30 heavy (non-hydrogen) atoms. The maximum absolute atomic E-state index is 12.7. The van der Waals surface area contributed by atoms with E-state index < -0.39 is 0 Å². The lowest BCUT2D eigenvalue weighted by Crippen LogP contribution is -2.44. The molecule has 3 aromatic rings. The van der Waals surface area contributed by atoms with E-state index in [9.17, 15) is 4.79 Å². The molecule has 6 nitrogen and oxygen atoms in total. The molecule has 1 fully saturated rings. The summed E-state index contributed by atoms with van der Waals surface area (Å²) in [5, 5.41) is 0. The Balaban J connectivity index is 1.64. The first-order valence-corrected chi connectivity index (χ1v) is 10.8. The summed E-state index contributed by atoms with van der Waals surface area (Å²) in [5.41, 5.74) is 3.78. The van der Waals surface area contributed by atoms with Crippen molar-refractivity contribution in [1.29, 1.82) is 0 Å². The van der Waals surface area contributed by atoms with E-state index in [4.69, 9.17) is 4.74 Å². The first kappa shape index (κ1) is 20.8. The molecule has 3 heterocycles. The Hall–Kier alpha value is -2.44. The molecule has 160 valence electrons. The van der Waals surface area contributed by atoms with E-state index in [0.717, 1.165) is 36.2 Å². The molecule has 0 spiro atoms. The number of nitrogens with zero attached hydrogens (tertiary/aromatic N) is 3. The van der Waals surface area contributed by atoms with Crippen LogP contribution in [0.1, 0.15) is 38.4 Å². The molecule has 0 radical (unpaired) electrons. The van der Waals surface area contributed by atoms with Gasteiger partial charge in [-0.05, 0) is 64.4 Å². The number of hydrogen-bond acceptors (Lipinski definition) is 4. The zero-order chi connectivity index (χ0) is 21.4. The fraction of sp³-hybridized carbons (Fsp3) is 0.500. The first-order chi connectivity index (χ1) is 14.3. The summed E-state index contributed by atoms with van der Waals surface area (Å²) in [4.78, 5) is 22.7. The minimum atomic E-state index is -0.139. The molecule has 0 saturated carbocycles. The number of H-pyrrole nitrogens is 1. The topological polar surface area (TPSA) is 63.1 Å².